The predicted octanol–water partition coefficient (Wildman–Crippen LogP) is 2.06. The molecule has 6 heteroatoms. The van der Waals surface area contributed by atoms with E-state index in [2.05, 4.69) is 15.5 Å². The molecule has 0 amide bonds. The third-order valence-electron chi connectivity index (χ3n) is 3.20. The number of benzene rings is 1. The van der Waals surface area contributed by atoms with Crippen LogP contribution in [0.15, 0.2) is 18.2 Å². The van der Waals surface area contributed by atoms with Gasteiger partial charge in [0.1, 0.15) is 0 Å². The monoisotopic (exact) mass is 274 g/mol. The van der Waals surface area contributed by atoms with Gasteiger partial charge in [-0.15, -0.1) is 5.10 Å². The maximum absolute atomic E-state index is 12.1. The number of aromatic nitrogens is 4. The summed E-state index contributed by atoms with van der Waals surface area (Å²) in [5.41, 5.74) is 2.58. The summed E-state index contributed by atoms with van der Waals surface area (Å²) in [5, 5.41) is 11.3. The summed E-state index contributed by atoms with van der Waals surface area (Å²) in [6.07, 6.45) is 0.920. The van der Waals surface area contributed by atoms with Crippen molar-refractivity contribution in [1.82, 2.24) is 20.2 Å². The molecule has 0 atom stereocenters. The Morgan fingerprint density at radius 3 is 2.90 bits per heavy atom. The average Bonchev–Trinajstić information content (AvgIpc) is 2.87. The molecule has 2 aromatic rings. The summed E-state index contributed by atoms with van der Waals surface area (Å²) < 4.78 is 6.94. The lowest BCUT2D eigenvalue weighted by atomic mass is 10.0. The fraction of sp³-hybridized carbons (Fsp3) is 0.429. The Hall–Kier alpha value is -2.24. The predicted molar refractivity (Wildman–Crippen MR) is 73.1 cm³/mol. The summed E-state index contributed by atoms with van der Waals surface area (Å²) >= 11 is 0. The number of hydrogen-bond acceptors (Lipinski definition) is 5. The summed E-state index contributed by atoms with van der Waals surface area (Å²) in [6.45, 7) is 6.71. The normalized spacial score (nSPS) is 10.6. The zero-order valence-corrected chi connectivity index (χ0v) is 12.0. The van der Waals surface area contributed by atoms with E-state index in [1.807, 2.05) is 32.9 Å². The summed E-state index contributed by atoms with van der Waals surface area (Å²) in [6, 6.07) is 5.58. The largest absolute Gasteiger partial charge is 0.454 e. The molecule has 0 unspecified atom stereocenters. The first-order valence-corrected chi connectivity index (χ1v) is 6.62. The molecule has 1 aromatic heterocycles. The Morgan fingerprint density at radius 1 is 1.35 bits per heavy atom. The van der Waals surface area contributed by atoms with E-state index in [0.29, 0.717) is 17.9 Å². The van der Waals surface area contributed by atoms with E-state index in [1.165, 1.54) is 0 Å². The first-order chi connectivity index (χ1) is 9.63. The molecule has 2 rings (SSSR count). The van der Waals surface area contributed by atoms with Crippen LogP contribution in [0.2, 0.25) is 0 Å². The van der Waals surface area contributed by atoms with Gasteiger partial charge in [-0.25, -0.2) is 9.48 Å². The smallest absolute Gasteiger partial charge is 0.338 e. The first-order valence-electron chi connectivity index (χ1n) is 6.62. The Balaban J connectivity index is 2.05. The van der Waals surface area contributed by atoms with Crippen molar-refractivity contribution < 1.29 is 9.53 Å². The lowest BCUT2D eigenvalue weighted by molar-refractivity contribution is 0.0455. The number of nitrogens with zero attached hydrogens (tertiary/aromatic N) is 4. The molecule has 0 N–H and O–H groups in total. The Kier molecular flexibility index (Phi) is 4.45. The number of carbonyl (C=O) groups excluding carboxylic acids is 1. The van der Waals surface area contributed by atoms with Gasteiger partial charge in [-0.05, 0) is 47.9 Å². The van der Waals surface area contributed by atoms with Crippen LogP contribution >= 0.6 is 0 Å². The second-order valence-corrected chi connectivity index (χ2v) is 4.64. The third-order valence-corrected chi connectivity index (χ3v) is 3.20. The van der Waals surface area contributed by atoms with Crippen molar-refractivity contribution in [1.29, 1.82) is 0 Å². The number of ether oxygens (including phenoxy) is 1. The number of aryl methyl sites for hydroxylation is 2. The molecule has 0 aliphatic heterocycles. The van der Waals surface area contributed by atoms with Gasteiger partial charge in [-0.1, -0.05) is 19.1 Å². The highest BCUT2D eigenvalue weighted by Crippen LogP contribution is 2.14. The van der Waals surface area contributed by atoms with Crippen LogP contribution < -0.4 is 0 Å². The van der Waals surface area contributed by atoms with Gasteiger partial charge >= 0.3 is 5.97 Å². The third kappa shape index (κ3) is 3.01. The summed E-state index contributed by atoms with van der Waals surface area (Å²) in [5.74, 6) is 0.211. The molecule has 0 saturated heterocycles. The summed E-state index contributed by atoms with van der Waals surface area (Å²) in [7, 11) is 0. The van der Waals surface area contributed by atoms with E-state index in [4.69, 9.17) is 4.74 Å². The van der Waals surface area contributed by atoms with Gasteiger partial charge in [0.15, 0.2) is 12.4 Å². The average molecular weight is 274 g/mol. The zero-order valence-electron chi connectivity index (χ0n) is 12.0. The van der Waals surface area contributed by atoms with Crippen LogP contribution in [-0.4, -0.2) is 26.2 Å². The van der Waals surface area contributed by atoms with Crippen molar-refractivity contribution in [3.63, 3.8) is 0 Å². The minimum atomic E-state index is -0.350. The molecule has 1 aromatic carbocycles. The fourth-order valence-electron chi connectivity index (χ4n) is 1.89. The van der Waals surface area contributed by atoms with Gasteiger partial charge in [0, 0.05) is 6.54 Å². The minimum absolute atomic E-state index is 0.0826. The van der Waals surface area contributed by atoms with Crippen molar-refractivity contribution in [2.45, 2.75) is 40.3 Å². The van der Waals surface area contributed by atoms with E-state index >= 15 is 0 Å². The molecule has 1 heterocycles. The quantitative estimate of drug-likeness (QED) is 0.780. The lowest BCUT2D eigenvalue weighted by Gasteiger charge is -2.08. The zero-order chi connectivity index (χ0) is 14.5. The Labute approximate surface area is 117 Å². The van der Waals surface area contributed by atoms with E-state index < -0.39 is 0 Å². The van der Waals surface area contributed by atoms with Crippen LogP contribution in [0.25, 0.3) is 0 Å². The van der Waals surface area contributed by atoms with Crippen LogP contribution in [0.3, 0.4) is 0 Å². The van der Waals surface area contributed by atoms with Gasteiger partial charge in [0.25, 0.3) is 0 Å². The van der Waals surface area contributed by atoms with Crippen molar-refractivity contribution >= 4 is 5.97 Å². The molecule has 0 aliphatic rings. The maximum atomic E-state index is 12.1. The van der Waals surface area contributed by atoms with Gasteiger partial charge in [0.2, 0.25) is 0 Å². The topological polar surface area (TPSA) is 69.9 Å². The highest BCUT2D eigenvalue weighted by molar-refractivity contribution is 5.91. The maximum Gasteiger partial charge on any atom is 0.338 e. The van der Waals surface area contributed by atoms with E-state index in [0.717, 1.165) is 17.5 Å². The molecule has 106 valence electrons. The highest BCUT2D eigenvalue weighted by Gasteiger charge is 2.13. The van der Waals surface area contributed by atoms with Crippen LogP contribution in [0.1, 0.15) is 40.7 Å². The highest BCUT2D eigenvalue weighted by atomic mass is 16.5. The number of esters is 1. The van der Waals surface area contributed by atoms with Crippen molar-refractivity contribution in [2.24, 2.45) is 0 Å². The number of tetrazole rings is 1. The van der Waals surface area contributed by atoms with Gasteiger partial charge in [0.05, 0.1) is 5.56 Å². The van der Waals surface area contributed by atoms with Gasteiger partial charge < -0.3 is 4.74 Å². The van der Waals surface area contributed by atoms with E-state index in [1.54, 1.807) is 10.7 Å². The van der Waals surface area contributed by atoms with E-state index in [9.17, 15) is 4.79 Å². The number of rotatable bonds is 5. The van der Waals surface area contributed by atoms with Gasteiger partial charge in [-0.3, -0.25) is 0 Å². The molecule has 6 nitrogen and oxygen atoms in total. The molecular weight excluding hydrogens is 256 g/mol. The van der Waals surface area contributed by atoms with Crippen LogP contribution in [0, 0.1) is 13.8 Å². The van der Waals surface area contributed by atoms with Crippen LogP contribution in [0.4, 0.5) is 0 Å². The molecule has 0 radical (unpaired) electrons. The number of carbonyl (C=O) groups is 1. The molecule has 20 heavy (non-hydrogen) atoms. The standard InChI is InChI=1S/C14H18N4O2/c1-4-8-18-13(15-16-17-18)9-20-14(19)12-7-5-6-10(2)11(12)3/h5-7H,4,8-9H2,1-3H3. The molecule has 0 bridgehead atoms. The van der Waals surface area contributed by atoms with Crippen LogP contribution in [0.5, 0.6) is 0 Å². The van der Waals surface area contributed by atoms with Crippen LogP contribution in [-0.2, 0) is 17.9 Å². The van der Waals surface area contributed by atoms with Gasteiger partial charge in [-0.2, -0.15) is 0 Å². The van der Waals surface area contributed by atoms with Crippen molar-refractivity contribution in [2.75, 3.05) is 0 Å². The molecule has 0 saturated carbocycles. The minimum Gasteiger partial charge on any atom is -0.454 e. The second-order valence-electron chi connectivity index (χ2n) is 4.64. The van der Waals surface area contributed by atoms with Crippen molar-refractivity contribution in [3.8, 4) is 0 Å². The lowest BCUT2D eigenvalue weighted by Crippen LogP contribution is -2.12. The summed E-state index contributed by atoms with van der Waals surface area (Å²) in [4.78, 5) is 12.1. The van der Waals surface area contributed by atoms with E-state index in [-0.39, 0.29) is 12.6 Å². The van der Waals surface area contributed by atoms with Crippen molar-refractivity contribution in [3.05, 3.63) is 40.7 Å². The fourth-order valence-corrected chi connectivity index (χ4v) is 1.89. The number of hydrogen-bond donors (Lipinski definition) is 0. The second kappa shape index (κ2) is 6.27. The Morgan fingerprint density at radius 2 is 2.15 bits per heavy atom. The molecular formula is C14H18N4O2. The molecule has 0 fully saturated rings. The SMILES string of the molecule is CCCn1nnnc1COC(=O)c1cccc(C)c1C. The first kappa shape index (κ1) is 14.2. The molecule has 0 aliphatic carbocycles. The Bertz CT molecular complexity index is 607. The molecule has 0 spiro atoms.